The van der Waals surface area contributed by atoms with Gasteiger partial charge in [0.1, 0.15) is 0 Å². The standard InChI is InChI=1S/C19H29N5O3/c1-20-18(26)17-21-15(27-22-17)11-23-10-4-8-19(12-23)9-7-16(25)24(13-19)14-5-2-3-6-14/h14H,2-13H2,1H3,(H,20,26)/t19-/m1/s1. The van der Waals surface area contributed by atoms with E-state index in [9.17, 15) is 9.59 Å². The number of aromatic nitrogens is 2. The van der Waals surface area contributed by atoms with Gasteiger partial charge in [0.25, 0.3) is 11.7 Å². The largest absolute Gasteiger partial charge is 0.352 e. The lowest BCUT2D eigenvalue weighted by Crippen LogP contribution is -2.55. The number of amides is 2. The van der Waals surface area contributed by atoms with Crippen LogP contribution in [0, 0.1) is 5.41 Å². The van der Waals surface area contributed by atoms with Gasteiger partial charge in [-0.2, -0.15) is 4.98 Å². The number of rotatable bonds is 4. The maximum Gasteiger partial charge on any atom is 0.292 e. The van der Waals surface area contributed by atoms with E-state index in [2.05, 4.69) is 25.3 Å². The lowest BCUT2D eigenvalue weighted by Gasteiger charge is -2.49. The van der Waals surface area contributed by atoms with Crippen molar-refractivity contribution >= 4 is 11.8 Å². The summed E-state index contributed by atoms with van der Waals surface area (Å²) in [6.45, 7) is 3.38. The first kappa shape index (κ1) is 18.4. The van der Waals surface area contributed by atoms with Gasteiger partial charge in [0.05, 0.1) is 6.54 Å². The third kappa shape index (κ3) is 3.85. The van der Waals surface area contributed by atoms with Crippen LogP contribution in [0.15, 0.2) is 4.52 Å². The fraction of sp³-hybridized carbons (Fsp3) is 0.789. The Kier molecular flexibility index (Phi) is 5.16. The van der Waals surface area contributed by atoms with Crippen LogP contribution in [-0.4, -0.2) is 64.5 Å². The van der Waals surface area contributed by atoms with E-state index in [1.165, 1.54) is 19.3 Å². The first-order valence-corrected chi connectivity index (χ1v) is 10.2. The lowest BCUT2D eigenvalue weighted by molar-refractivity contribution is -0.142. The molecule has 0 bridgehead atoms. The van der Waals surface area contributed by atoms with Crippen molar-refractivity contribution in [2.75, 3.05) is 26.7 Å². The Bertz CT molecular complexity index is 699. The molecule has 1 aromatic heterocycles. The number of hydrogen-bond donors (Lipinski definition) is 1. The molecule has 1 aliphatic carbocycles. The molecular weight excluding hydrogens is 346 g/mol. The van der Waals surface area contributed by atoms with Crippen molar-refractivity contribution in [1.29, 1.82) is 0 Å². The van der Waals surface area contributed by atoms with Gasteiger partial charge in [0.2, 0.25) is 11.8 Å². The summed E-state index contributed by atoms with van der Waals surface area (Å²) in [6, 6.07) is 0.455. The molecule has 4 rings (SSSR count). The van der Waals surface area contributed by atoms with Crippen LogP contribution in [0.4, 0.5) is 0 Å². The Morgan fingerprint density at radius 3 is 2.85 bits per heavy atom. The second-order valence-corrected chi connectivity index (χ2v) is 8.36. The average Bonchev–Trinajstić information content (AvgIpc) is 3.36. The van der Waals surface area contributed by atoms with E-state index in [1.807, 2.05) is 0 Å². The minimum absolute atomic E-state index is 0.0786. The van der Waals surface area contributed by atoms with Crippen LogP contribution in [0.2, 0.25) is 0 Å². The lowest BCUT2D eigenvalue weighted by atomic mass is 9.73. The predicted molar refractivity (Wildman–Crippen MR) is 97.8 cm³/mol. The molecule has 2 saturated heterocycles. The number of piperidine rings is 2. The molecule has 3 aliphatic rings. The summed E-state index contributed by atoms with van der Waals surface area (Å²) in [6.07, 6.45) is 8.75. The van der Waals surface area contributed by atoms with Crippen molar-refractivity contribution in [2.24, 2.45) is 5.41 Å². The van der Waals surface area contributed by atoms with Crippen LogP contribution in [-0.2, 0) is 11.3 Å². The van der Waals surface area contributed by atoms with Crippen LogP contribution in [0.25, 0.3) is 0 Å². The Morgan fingerprint density at radius 1 is 1.26 bits per heavy atom. The summed E-state index contributed by atoms with van der Waals surface area (Å²) in [4.78, 5) is 32.9. The summed E-state index contributed by atoms with van der Waals surface area (Å²) in [5, 5.41) is 6.26. The zero-order valence-electron chi connectivity index (χ0n) is 16.1. The van der Waals surface area contributed by atoms with Gasteiger partial charge in [0, 0.05) is 38.0 Å². The maximum atomic E-state index is 12.5. The predicted octanol–water partition coefficient (Wildman–Crippen LogP) is 1.58. The van der Waals surface area contributed by atoms with E-state index in [0.717, 1.165) is 45.3 Å². The molecule has 3 fully saturated rings. The van der Waals surface area contributed by atoms with Gasteiger partial charge in [-0.05, 0) is 38.6 Å². The maximum absolute atomic E-state index is 12.5. The minimum atomic E-state index is -0.335. The molecule has 2 aliphatic heterocycles. The van der Waals surface area contributed by atoms with E-state index in [0.29, 0.717) is 30.8 Å². The fourth-order valence-corrected chi connectivity index (χ4v) is 5.09. The highest BCUT2D eigenvalue weighted by Gasteiger charge is 2.44. The molecule has 1 aromatic rings. The number of hydrogen-bond acceptors (Lipinski definition) is 6. The van der Waals surface area contributed by atoms with E-state index in [4.69, 9.17) is 4.52 Å². The van der Waals surface area contributed by atoms with Crippen molar-refractivity contribution in [2.45, 2.75) is 64.0 Å². The van der Waals surface area contributed by atoms with E-state index >= 15 is 0 Å². The molecule has 1 spiro atoms. The molecule has 0 unspecified atom stereocenters. The van der Waals surface area contributed by atoms with Crippen molar-refractivity contribution in [1.82, 2.24) is 25.3 Å². The third-order valence-electron chi connectivity index (χ3n) is 6.46. The molecule has 8 heteroatoms. The quantitative estimate of drug-likeness (QED) is 0.859. The van der Waals surface area contributed by atoms with Gasteiger partial charge < -0.3 is 14.7 Å². The molecule has 8 nitrogen and oxygen atoms in total. The normalized spacial score (nSPS) is 27.4. The van der Waals surface area contributed by atoms with Gasteiger partial charge in [-0.25, -0.2) is 0 Å². The third-order valence-corrected chi connectivity index (χ3v) is 6.46. The minimum Gasteiger partial charge on any atom is -0.352 e. The highest BCUT2D eigenvalue weighted by atomic mass is 16.5. The topological polar surface area (TPSA) is 91.6 Å². The number of nitrogens with one attached hydrogen (secondary N) is 1. The molecule has 1 N–H and O–H groups in total. The molecular formula is C19H29N5O3. The summed E-state index contributed by atoms with van der Waals surface area (Å²) >= 11 is 0. The molecule has 1 atom stereocenters. The molecule has 148 valence electrons. The second kappa shape index (κ2) is 7.58. The molecule has 0 aromatic carbocycles. The van der Waals surface area contributed by atoms with Crippen molar-refractivity contribution < 1.29 is 14.1 Å². The van der Waals surface area contributed by atoms with E-state index in [-0.39, 0.29) is 17.1 Å². The average molecular weight is 375 g/mol. The first-order chi connectivity index (χ1) is 13.1. The fourth-order valence-electron chi connectivity index (χ4n) is 5.09. The summed E-state index contributed by atoms with van der Waals surface area (Å²) in [5.41, 5.74) is 0.179. The summed E-state index contributed by atoms with van der Waals surface area (Å²) < 4.78 is 5.26. The molecule has 27 heavy (non-hydrogen) atoms. The van der Waals surface area contributed by atoms with Crippen LogP contribution in [0.5, 0.6) is 0 Å². The summed E-state index contributed by atoms with van der Waals surface area (Å²) in [5.74, 6) is 0.565. The van der Waals surface area contributed by atoms with Crippen LogP contribution in [0.3, 0.4) is 0 Å². The van der Waals surface area contributed by atoms with Crippen molar-refractivity contribution in [3.8, 4) is 0 Å². The first-order valence-electron chi connectivity index (χ1n) is 10.2. The Labute approximate surface area is 159 Å². The molecule has 2 amide bonds. The zero-order valence-corrected chi connectivity index (χ0v) is 16.1. The number of carbonyl (C=O) groups is 2. The Morgan fingerprint density at radius 2 is 2.07 bits per heavy atom. The molecule has 0 radical (unpaired) electrons. The second-order valence-electron chi connectivity index (χ2n) is 8.36. The Hall–Kier alpha value is -1.96. The number of nitrogens with zero attached hydrogens (tertiary/aromatic N) is 4. The highest BCUT2D eigenvalue weighted by Crippen LogP contribution is 2.41. The van der Waals surface area contributed by atoms with Crippen molar-refractivity contribution in [3.05, 3.63) is 11.7 Å². The zero-order chi connectivity index (χ0) is 18.9. The van der Waals surface area contributed by atoms with Gasteiger partial charge in [-0.1, -0.05) is 18.0 Å². The van der Waals surface area contributed by atoms with Gasteiger partial charge in [-0.3, -0.25) is 14.5 Å². The van der Waals surface area contributed by atoms with Gasteiger partial charge in [0.15, 0.2) is 0 Å². The van der Waals surface area contributed by atoms with Crippen molar-refractivity contribution in [3.63, 3.8) is 0 Å². The smallest absolute Gasteiger partial charge is 0.292 e. The molecule has 3 heterocycles. The van der Waals surface area contributed by atoms with Gasteiger partial charge in [-0.15, -0.1) is 0 Å². The highest BCUT2D eigenvalue weighted by molar-refractivity contribution is 5.89. The van der Waals surface area contributed by atoms with E-state index < -0.39 is 0 Å². The number of carbonyl (C=O) groups excluding carboxylic acids is 2. The molecule has 1 saturated carbocycles. The number of likely N-dealkylation sites (tertiary alicyclic amines) is 2. The van der Waals surface area contributed by atoms with Crippen LogP contribution < -0.4 is 5.32 Å². The SMILES string of the molecule is CNC(=O)c1noc(CN2CCC[C@@]3(CCC(=O)N(C4CCCC4)C3)C2)n1. The van der Waals surface area contributed by atoms with Crippen LogP contribution >= 0.6 is 0 Å². The monoisotopic (exact) mass is 375 g/mol. The van der Waals surface area contributed by atoms with Gasteiger partial charge >= 0.3 is 0 Å². The van der Waals surface area contributed by atoms with Crippen LogP contribution in [0.1, 0.15) is 67.9 Å². The summed E-state index contributed by atoms with van der Waals surface area (Å²) in [7, 11) is 1.55. The Balaban J connectivity index is 1.41. The van der Waals surface area contributed by atoms with E-state index in [1.54, 1.807) is 7.05 Å².